The molecule has 1 aliphatic heterocycles. The lowest BCUT2D eigenvalue weighted by atomic mass is 10.2. The van der Waals surface area contributed by atoms with E-state index in [-0.39, 0.29) is 6.79 Å². The van der Waals surface area contributed by atoms with E-state index in [2.05, 4.69) is 6.58 Å². The van der Waals surface area contributed by atoms with Crippen molar-refractivity contribution in [1.29, 1.82) is 0 Å². The number of rotatable bonds is 1. The molecule has 2 nitrogen and oxygen atoms in total. The topological polar surface area (TPSA) is 18.5 Å². The molecule has 0 radical (unpaired) electrons. The number of hydrogen-bond acceptors (Lipinski definition) is 2. The van der Waals surface area contributed by atoms with Gasteiger partial charge < -0.3 is 9.47 Å². The van der Waals surface area contributed by atoms with Gasteiger partial charge in [0.05, 0.1) is 5.02 Å². The van der Waals surface area contributed by atoms with Crippen molar-refractivity contribution < 1.29 is 9.47 Å². The normalized spacial score (nSPS) is 13.1. The Morgan fingerprint density at radius 3 is 3.00 bits per heavy atom. The summed E-state index contributed by atoms with van der Waals surface area (Å²) in [4.78, 5) is 0. The van der Waals surface area contributed by atoms with Crippen molar-refractivity contribution in [2.24, 2.45) is 0 Å². The standard InChI is InChI=1S/C9H7ClO2/c1-2-6-3-7(10)9-8(4-6)11-5-12-9/h2-4H,1,5H2. The van der Waals surface area contributed by atoms with Gasteiger partial charge in [-0.15, -0.1) is 0 Å². The van der Waals surface area contributed by atoms with Gasteiger partial charge in [0.25, 0.3) is 0 Å². The zero-order chi connectivity index (χ0) is 8.55. The molecule has 0 aliphatic carbocycles. The van der Waals surface area contributed by atoms with Crippen molar-refractivity contribution >= 4 is 17.7 Å². The zero-order valence-electron chi connectivity index (χ0n) is 6.34. The first-order chi connectivity index (χ1) is 5.81. The maximum Gasteiger partial charge on any atom is 0.231 e. The maximum absolute atomic E-state index is 5.90. The highest BCUT2D eigenvalue weighted by Crippen LogP contribution is 2.39. The summed E-state index contributed by atoms with van der Waals surface area (Å²) in [5.74, 6) is 1.32. The fourth-order valence-electron chi connectivity index (χ4n) is 1.11. The quantitative estimate of drug-likeness (QED) is 0.665. The van der Waals surface area contributed by atoms with E-state index < -0.39 is 0 Å². The van der Waals surface area contributed by atoms with Gasteiger partial charge in [0.2, 0.25) is 6.79 Å². The molecule has 12 heavy (non-hydrogen) atoms. The van der Waals surface area contributed by atoms with Crippen LogP contribution in [0.1, 0.15) is 5.56 Å². The van der Waals surface area contributed by atoms with E-state index in [0.717, 1.165) is 5.56 Å². The molecule has 0 spiro atoms. The minimum Gasteiger partial charge on any atom is -0.454 e. The Bertz CT molecular complexity index is 334. The zero-order valence-corrected chi connectivity index (χ0v) is 7.10. The molecule has 0 saturated heterocycles. The SMILES string of the molecule is C=Cc1cc(Cl)c2c(c1)OCO2. The molecule has 0 unspecified atom stereocenters. The Morgan fingerprint density at radius 1 is 1.42 bits per heavy atom. The molecule has 1 heterocycles. The van der Waals surface area contributed by atoms with Gasteiger partial charge in [-0.05, 0) is 17.7 Å². The van der Waals surface area contributed by atoms with Crippen molar-refractivity contribution in [3.05, 3.63) is 29.3 Å². The van der Waals surface area contributed by atoms with Crippen LogP contribution in [0.15, 0.2) is 18.7 Å². The average Bonchev–Trinajstić information content (AvgIpc) is 2.52. The lowest BCUT2D eigenvalue weighted by molar-refractivity contribution is 0.174. The molecule has 0 aromatic heterocycles. The minimum absolute atomic E-state index is 0.246. The van der Waals surface area contributed by atoms with Crippen LogP contribution in [0.5, 0.6) is 11.5 Å². The predicted octanol–water partition coefficient (Wildman–Crippen LogP) is 2.71. The van der Waals surface area contributed by atoms with Crippen molar-refractivity contribution in [3.8, 4) is 11.5 Å². The molecule has 0 fully saturated rings. The highest BCUT2D eigenvalue weighted by Gasteiger charge is 2.17. The van der Waals surface area contributed by atoms with E-state index in [1.165, 1.54) is 0 Å². The average molecular weight is 183 g/mol. The number of halogens is 1. The van der Waals surface area contributed by atoms with E-state index >= 15 is 0 Å². The summed E-state index contributed by atoms with van der Waals surface area (Å²) in [7, 11) is 0. The van der Waals surface area contributed by atoms with E-state index in [4.69, 9.17) is 21.1 Å². The Kier molecular flexibility index (Phi) is 1.70. The van der Waals surface area contributed by atoms with Crippen LogP contribution < -0.4 is 9.47 Å². The molecule has 0 amide bonds. The van der Waals surface area contributed by atoms with Crippen LogP contribution >= 0.6 is 11.6 Å². The highest BCUT2D eigenvalue weighted by molar-refractivity contribution is 6.32. The number of fused-ring (bicyclic) bond motifs is 1. The molecule has 3 heteroatoms. The second kappa shape index (κ2) is 2.72. The van der Waals surface area contributed by atoms with Crippen LogP contribution in [0.2, 0.25) is 5.02 Å². The molecular formula is C9H7ClO2. The monoisotopic (exact) mass is 182 g/mol. The predicted molar refractivity (Wildman–Crippen MR) is 47.7 cm³/mol. The van der Waals surface area contributed by atoms with Crippen molar-refractivity contribution in [2.75, 3.05) is 6.79 Å². The van der Waals surface area contributed by atoms with Gasteiger partial charge in [-0.2, -0.15) is 0 Å². The minimum atomic E-state index is 0.246. The van der Waals surface area contributed by atoms with E-state index in [1.54, 1.807) is 12.1 Å². The van der Waals surface area contributed by atoms with Crippen LogP contribution in [0.4, 0.5) is 0 Å². The highest BCUT2D eigenvalue weighted by atomic mass is 35.5. The maximum atomic E-state index is 5.90. The van der Waals surface area contributed by atoms with E-state index in [1.807, 2.05) is 6.07 Å². The molecule has 62 valence electrons. The van der Waals surface area contributed by atoms with Crippen molar-refractivity contribution in [3.63, 3.8) is 0 Å². The molecule has 0 N–H and O–H groups in total. The first kappa shape index (κ1) is 7.50. The fraction of sp³-hybridized carbons (Fsp3) is 0.111. The largest absolute Gasteiger partial charge is 0.454 e. The summed E-state index contributed by atoms with van der Waals surface area (Å²) in [5, 5.41) is 0.569. The van der Waals surface area contributed by atoms with E-state index in [9.17, 15) is 0 Å². The smallest absolute Gasteiger partial charge is 0.231 e. The summed E-state index contributed by atoms with van der Waals surface area (Å²) >= 11 is 5.90. The molecule has 1 aromatic rings. The van der Waals surface area contributed by atoms with Crippen LogP contribution in [-0.4, -0.2) is 6.79 Å². The van der Waals surface area contributed by atoms with Crippen LogP contribution in [-0.2, 0) is 0 Å². The van der Waals surface area contributed by atoms with Crippen molar-refractivity contribution in [1.82, 2.24) is 0 Å². The van der Waals surface area contributed by atoms with Gasteiger partial charge in [-0.3, -0.25) is 0 Å². The fourth-order valence-corrected chi connectivity index (χ4v) is 1.38. The Labute approximate surface area is 75.4 Å². The molecule has 1 aromatic carbocycles. The number of hydrogen-bond donors (Lipinski definition) is 0. The summed E-state index contributed by atoms with van der Waals surface area (Å²) < 4.78 is 10.3. The number of benzene rings is 1. The van der Waals surface area contributed by atoms with Gasteiger partial charge in [-0.25, -0.2) is 0 Å². The van der Waals surface area contributed by atoms with Gasteiger partial charge in [0, 0.05) is 0 Å². The second-order valence-electron chi connectivity index (χ2n) is 2.44. The lowest BCUT2D eigenvalue weighted by Gasteiger charge is -1.99. The van der Waals surface area contributed by atoms with Crippen LogP contribution in [0.3, 0.4) is 0 Å². The summed E-state index contributed by atoms with van der Waals surface area (Å²) in [5.41, 5.74) is 0.934. The number of ether oxygens (including phenoxy) is 2. The summed E-state index contributed by atoms with van der Waals surface area (Å²) in [6.45, 7) is 3.89. The molecule has 1 aliphatic rings. The first-order valence-electron chi connectivity index (χ1n) is 3.53. The van der Waals surface area contributed by atoms with Gasteiger partial charge in [0.1, 0.15) is 0 Å². The Balaban J connectivity index is 2.58. The molecule has 2 rings (SSSR count). The second-order valence-corrected chi connectivity index (χ2v) is 2.85. The first-order valence-corrected chi connectivity index (χ1v) is 3.90. The molecule has 0 bridgehead atoms. The molecule has 0 saturated carbocycles. The van der Waals surface area contributed by atoms with Crippen molar-refractivity contribution in [2.45, 2.75) is 0 Å². The van der Waals surface area contributed by atoms with E-state index in [0.29, 0.717) is 16.5 Å². The summed E-state index contributed by atoms with van der Waals surface area (Å²) in [6.07, 6.45) is 1.72. The Hall–Kier alpha value is -1.15. The van der Waals surface area contributed by atoms with Crippen LogP contribution in [0.25, 0.3) is 6.08 Å². The third kappa shape index (κ3) is 1.04. The third-order valence-corrected chi connectivity index (χ3v) is 1.97. The molecular weight excluding hydrogens is 176 g/mol. The summed E-state index contributed by atoms with van der Waals surface area (Å²) in [6, 6.07) is 3.64. The lowest BCUT2D eigenvalue weighted by Crippen LogP contribution is -1.93. The van der Waals surface area contributed by atoms with Crippen LogP contribution in [0, 0.1) is 0 Å². The Morgan fingerprint density at radius 2 is 2.25 bits per heavy atom. The van der Waals surface area contributed by atoms with Gasteiger partial charge in [-0.1, -0.05) is 24.3 Å². The molecule has 0 atom stereocenters. The van der Waals surface area contributed by atoms with Gasteiger partial charge in [0.15, 0.2) is 11.5 Å². The third-order valence-electron chi connectivity index (χ3n) is 1.69. The van der Waals surface area contributed by atoms with Gasteiger partial charge >= 0.3 is 0 Å².